The number of anilines is 2. The third-order valence-corrected chi connectivity index (χ3v) is 5.83. The smallest absolute Gasteiger partial charge is 0.163 e. The van der Waals surface area contributed by atoms with Crippen LogP contribution in [-0.2, 0) is 0 Å². The van der Waals surface area contributed by atoms with Crippen LogP contribution in [0.1, 0.15) is 42.1 Å². The van der Waals surface area contributed by atoms with E-state index in [1.165, 1.54) is 0 Å². The molecule has 0 radical (unpaired) electrons. The van der Waals surface area contributed by atoms with Gasteiger partial charge in [0.15, 0.2) is 11.5 Å². The van der Waals surface area contributed by atoms with Crippen LogP contribution in [0.25, 0.3) is 22.7 Å². The van der Waals surface area contributed by atoms with E-state index in [0.29, 0.717) is 29.3 Å². The number of fused-ring (bicyclic) bond motifs is 1. The summed E-state index contributed by atoms with van der Waals surface area (Å²) in [5.41, 5.74) is 6.15. The second-order valence-electron chi connectivity index (χ2n) is 8.33. The van der Waals surface area contributed by atoms with Crippen molar-refractivity contribution >= 4 is 22.4 Å². The lowest BCUT2D eigenvalue weighted by Crippen LogP contribution is -2.11. The molecular weight excluding hydrogens is 440 g/mol. The molecule has 4 aromatic heterocycles. The Bertz CT molecular complexity index is 1560. The topological polar surface area (TPSA) is 117 Å². The molecule has 0 spiro atoms. The Morgan fingerprint density at radius 2 is 1.89 bits per heavy atom. The zero-order valence-electron chi connectivity index (χ0n) is 19.6. The first-order valence-corrected chi connectivity index (χ1v) is 11.3. The summed E-state index contributed by atoms with van der Waals surface area (Å²) in [6, 6.07) is 17.3. The standard InChI is InChI=1S/C26H24N8O/c1-4-24(35)21-8-10-25(31-26(21)34-17(3)11-20(13-27)32-34)33-15-29-22-12-18(7-9-23(22)33)30-19-6-5-16(2)28-14-19/h5-12,14-15,24,30,35H,4H2,1-3H3. The van der Waals surface area contributed by atoms with Gasteiger partial charge in [0.1, 0.15) is 18.2 Å². The van der Waals surface area contributed by atoms with E-state index in [4.69, 9.17) is 4.98 Å². The lowest BCUT2D eigenvalue weighted by Gasteiger charge is -2.16. The Balaban J connectivity index is 1.55. The Morgan fingerprint density at radius 1 is 1.06 bits per heavy atom. The van der Waals surface area contributed by atoms with E-state index in [0.717, 1.165) is 33.8 Å². The first-order chi connectivity index (χ1) is 17.0. The van der Waals surface area contributed by atoms with E-state index in [1.807, 2.05) is 67.8 Å². The predicted octanol–water partition coefficient (Wildman–Crippen LogP) is 4.68. The molecule has 0 aliphatic rings. The number of nitriles is 1. The highest BCUT2D eigenvalue weighted by atomic mass is 16.3. The van der Waals surface area contributed by atoms with Crippen LogP contribution < -0.4 is 5.32 Å². The van der Waals surface area contributed by atoms with Crippen LogP contribution in [-0.4, -0.2) is 34.4 Å². The molecule has 1 unspecified atom stereocenters. The number of nitrogens with zero attached hydrogens (tertiary/aromatic N) is 7. The van der Waals surface area contributed by atoms with Crippen LogP contribution in [0.2, 0.25) is 0 Å². The van der Waals surface area contributed by atoms with Gasteiger partial charge in [-0.3, -0.25) is 9.55 Å². The zero-order valence-corrected chi connectivity index (χ0v) is 19.6. The van der Waals surface area contributed by atoms with Crippen LogP contribution in [0, 0.1) is 25.2 Å². The average Bonchev–Trinajstić information content (AvgIpc) is 3.47. The Hall–Kier alpha value is -4.55. The first kappa shape index (κ1) is 22.3. The van der Waals surface area contributed by atoms with Crippen molar-refractivity contribution in [3.63, 3.8) is 0 Å². The monoisotopic (exact) mass is 464 g/mol. The van der Waals surface area contributed by atoms with Crippen molar-refractivity contribution < 1.29 is 5.11 Å². The molecule has 0 saturated carbocycles. The fourth-order valence-corrected chi connectivity index (χ4v) is 3.96. The molecule has 5 rings (SSSR count). The van der Waals surface area contributed by atoms with Gasteiger partial charge < -0.3 is 10.4 Å². The fourth-order valence-electron chi connectivity index (χ4n) is 3.96. The van der Waals surface area contributed by atoms with Crippen molar-refractivity contribution in [3.05, 3.63) is 83.7 Å². The highest BCUT2D eigenvalue weighted by Gasteiger charge is 2.19. The maximum absolute atomic E-state index is 10.6. The van der Waals surface area contributed by atoms with Crippen molar-refractivity contribution in [2.24, 2.45) is 0 Å². The number of aliphatic hydroxyl groups is 1. The van der Waals surface area contributed by atoms with Crippen LogP contribution in [0.5, 0.6) is 0 Å². The number of aryl methyl sites for hydroxylation is 2. The van der Waals surface area contributed by atoms with Gasteiger partial charge in [0.2, 0.25) is 0 Å². The number of pyridine rings is 2. The SMILES string of the molecule is CCC(O)c1ccc(-n2cnc3cc(Nc4ccc(C)nc4)ccc32)nc1-n1nc(C#N)cc1C. The Kier molecular flexibility index (Phi) is 5.73. The molecule has 0 aliphatic carbocycles. The summed E-state index contributed by atoms with van der Waals surface area (Å²) < 4.78 is 3.50. The minimum Gasteiger partial charge on any atom is -0.388 e. The molecule has 174 valence electrons. The van der Waals surface area contributed by atoms with Gasteiger partial charge in [0.05, 0.1) is 29.0 Å². The lowest BCUT2D eigenvalue weighted by atomic mass is 10.1. The number of imidazole rings is 1. The minimum atomic E-state index is -0.704. The highest BCUT2D eigenvalue weighted by Crippen LogP contribution is 2.27. The number of rotatable bonds is 6. The molecule has 2 N–H and O–H groups in total. The number of hydrogen-bond acceptors (Lipinski definition) is 7. The molecular formula is C26H24N8O. The number of aliphatic hydroxyl groups excluding tert-OH is 1. The maximum atomic E-state index is 10.6. The number of nitrogens with one attached hydrogen (secondary N) is 1. The number of benzene rings is 1. The Labute approximate surface area is 202 Å². The van der Waals surface area contributed by atoms with E-state index >= 15 is 0 Å². The van der Waals surface area contributed by atoms with Crippen molar-refractivity contribution in [1.29, 1.82) is 5.26 Å². The second kappa shape index (κ2) is 9.00. The second-order valence-corrected chi connectivity index (χ2v) is 8.33. The van der Waals surface area contributed by atoms with E-state index in [2.05, 4.69) is 26.5 Å². The summed E-state index contributed by atoms with van der Waals surface area (Å²) in [7, 11) is 0. The summed E-state index contributed by atoms with van der Waals surface area (Å²) in [5, 5.41) is 27.6. The van der Waals surface area contributed by atoms with Gasteiger partial charge in [-0.25, -0.2) is 14.6 Å². The number of aromatic nitrogens is 6. The quantitative estimate of drug-likeness (QED) is 0.375. The highest BCUT2D eigenvalue weighted by molar-refractivity contribution is 5.82. The summed E-state index contributed by atoms with van der Waals surface area (Å²) in [5.74, 6) is 1.12. The third kappa shape index (κ3) is 4.23. The number of hydrogen-bond donors (Lipinski definition) is 2. The van der Waals surface area contributed by atoms with Gasteiger partial charge in [-0.1, -0.05) is 6.92 Å². The van der Waals surface area contributed by atoms with E-state index in [1.54, 1.807) is 23.3 Å². The van der Waals surface area contributed by atoms with E-state index < -0.39 is 6.10 Å². The summed E-state index contributed by atoms with van der Waals surface area (Å²) in [6.07, 6.45) is 3.34. The molecule has 0 bridgehead atoms. The van der Waals surface area contributed by atoms with Gasteiger partial charge in [-0.15, -0.1) is 0 Å². The lowest BCUT2D eigenvalue weighted by molar-refractivity contribution is 0.173. The molecule has 5 aromatic rings. The van der Waals surface area contributed by atoms with Gasteiger partial charge in [-0.2, -0.15) is 10.4 Å². The molecule has 0 aliphatic heterocycles. The van der Waals surface area contributed by atoms with Crippen LogP contribution in [0.4, 0.5) is 11.4 Å². The molecule has 1 atom stereocenters. The zero-order chi connectivity index (χ0) is 24.5. The van der Waals surface area contributed by atoms with Crippen molar-refractivity contribution in [2.45, 2.75) is 33.3 Å². The molecule has 0 amide bonds. The van der Waals surface area contributed by atoms with Crippen molar-refractivity contribution in [1.82, 2.24) is 29.3 Å². The van der Waals surface area contributed by atoms with Crippen LogP contribution in [0.15, 0.2) is 61.1 Å². The van der Waals surface area contributed by atoms with Crippen LogP contribution >= 0.6 is 0 Å². The first-order valence-electron chi connectivity index (χ1n) is 11.3. The Morgan fingerprint density at radius 3 is 2.60 bits per heavy atom. The normalized spacial score (nSPS) is 12.0. The molecule has 1 aromatic carbocycles. The summed E-state index contributed by atoms with van der Waals surface area (Å²) in [6.45, 7) is 5.71. The summed E-state index contributed by atoms with van der Waals surface area (Å²) >= 11 is 0. The predicted molar refractivity (Wildman–Crippen MR) is 133 cm³/mol. The molecule has 0 fully saturated rings. The summed E-state index contributed by atoms with van der Waals surface area (Å²) in [4.78, 5) is 13.7. The molecule has 4 heterocycles. The van der Waals surface area contributed by atoms with Crippen molar-refractivity contribution in [2.75, 3.05) is 5.32 Å². The van der Waals surface area contributed by atoms with E-state index in [-0.39, 0.29) is 0 Å². The average molecular weight is 465 g/mol. The third-order valence-electron chi connectivity index (χ3n) is 5.83. The van der Waals surface area contributed by atoms with E-state index in [9.17, 15) is 10.4 Å². The largest absolute Gasteiger partial charge is 0.388 e. The van der Waals surface area contributed by atoms with Crippen LogP contribution in [0.3, 0.4) is 0 Å². The van der Waals surface area contributed by atoms with Gasteiger partial charge in [0, 0.05) is 22.6 Å². The van der Waals surface area contributed by atoms with Gasteiger partial charge in [0.25, 0.3) is 0 Å². The van der Waals surface area contributed by atoms with Gasteiger partial charge in [-0.05, 0) is 68.8 Å². The fraction of sp³-hybridized carbons (Fsp3) is 0.192. The molecule has 35 heavy (non-hydrogen) atoms. The molecule has 9 heteroatoms. The minimum absolute atomic E-state index is 0.295. The van der Waals surface area contributed by atoms with Crippen molar-refractivity contribution in [3.8, 4) is 17.7 Å². The molecule has 0 saturated heterocycles. The molecule has 9 nitrogen and oxygen atoms in total. The van der Waals surface area contributed by atoms with Gasteiger partial charge >= 0.3 is 0 Å². The maximum Gasteiger partial charge on any atom is 0.163 e.